The highest BCUT2D eigenvalue weighted by Gasteiger charge is 2.16. The zero-order chi connectivity index (χ0) is 10.8. The summed E-state index contributed by atoms with van der Waals surface area (Å²) in [6.45, 7) is 0. The lowest BCUT2D eigenvalue weighted by Crippen LogP contribution is -2.02. The summed E-state index contributed by atoms with van der Waals surface area (Å²) in [6, 6.07) is 7.29. The van der Waals surface area contributed by atoms with Crippen molar-refractivity contribution < 1.29 is 13.6 Å². The van der Waals surface area contributed by atoms with Crippen molar-refractivity contribution in [3.63, 3.8) is 0 Å². The first kappa shape index (κ1) is 10.1. The van der Waals surface area contributed by atoms with Crippen LogP contribution in [0, 0.1) is 5.82 Å². The van der Waals surface area contributed by atoms with Gasteiger partial charge < -0.3 is 4.42 Å². The molecule has 0 fully saturated rings. The van der Waals surface area contributed by atoms with E-state index in [4.69, 9.17) is 4.42 Å². The number of carbonyl (C=O) groups excluding carboxylic acids is 1. The summed E-state index contributed by atoms with van der Waals surface area (Å²) in [6.07, 6.45) is 1.38. The number of carbonyl (C=O) groups is 1. The summed E-state index contributed by atoms with van der Waals surface area (Å²) in [5.41, 5.74) is -0.000625. The van der Waals surface area contributed by atoms with Crippen molar-refractivity contribution in [2.75, 3.05) is 0 Å². The Morgan fingerprint density at radius 2 is 2.13 bits per heavy atom. The molecule has 4 heteroatoms. The normalized spacial score (nSPS) is 10.3. The summed E-state index contributed by atoms with van der Waals surface area (Å²) in [4.78, 5) is 11.7. The van der Waals surface area contributed by atoms with E-state index < -0.39 is 11.6 Å². The molecule has 0 aliphatic heterocycles. The van der Waals surface area contributed by atoms with Crippen molar-refractivity contribution >= 4 is 21.7 Å². The zero-order valence-electron chi connectivity index (χ0n) is 7.54. The third-order valence-electron chi connectivity index (χ3n) is 1.92. The quantitative estimate of drug-likeness (QED) is 0.782. The van der Waals surface area contributed by atoms with Crippen molar-refractivity contribution in [3.8, 4) is 0 Å². The fourth-order valence-electron chi connectivity index (χ4n) is 1.21. The predicted octanol–water partition coefficient (Wildman–Crippen LogP) is 3.41. The van der Waals surface area contributed by atoms with E-state index in [1.54, 1.807) is 6.07 Å². The van der Waals surface area contributed by atoms with Gasteiger partial charge in [0.15, 0.2) is 5.76 Å². The van der Waals surface area contributed by atoms with Gasteiger partial charge in [-0.1, -0.05) is 15.9 Å². The first-order valence-electron chi connectivity index (χ1n) is 4.22. The molecular weight excluding hydrogens is 263 g/mol. The van der Waals surface area contributed by atoms with Crippen LogP contribution in [-0.4, -0.2) is 5.78 Å². The van der Waals surface area contributed by atoms with Gasteiger partial charge in [-0.3, -0.25) is 4.79 Å². The Morgan fingerprint density at radius 1 is 1.33 bits per heavy atom. The molecule has 0 amide bonds. The third kappa shape index (κ3) is 1.99. The maximum atomic E-state index is 13.3. The molecule has 0 bridgehead atoms. The molecule has 0 saturated heterocycles. The van der Waals surface area contributed by atoms with Gasteiger partial charge in [0.1, 0.15) is 5.82 Å². The van der Waals surface area contributed by atoms with E-state index in [0.29, 0.717) is 4.47 Å². The number of furan rings is 1. The minimum absolute atomic E-state index is 0.000625. The largest absolute Gasteiger partial charge is 0.461 e. The summed E-state index contributed by atoms with van der Waals surface area (Å²) < 4.78 is 18.9. The smallest absolute Gasteiger partial charge is 0.231 e. The number of hydrogen-bond acceptors (Lipinski definition) is 2. The van der Waals surface area contributed by atoms with Crippen molar-refractivity contribution in [2.24, 2.45) is 0 Å². The fourth-order valence-corrected chi connectivity index (χ4v) is 1.57. The molecule has 0 aliphatic carbocycles. The minimum Gasteiger partial charge on any atom is -0.461 e. The lowest BCUT2D eigenvalue weighted by molar-refractivity contribution is 0.100. The van der Waals surface area contributed by atoms with Crippen molar-refractivity contribution in [3.05, 3.63) is 58.2 Å². The Hall–Kier alpha value is -1.42. The van der Waals surface area contributed by atoms with E-state index in [1.165, 1.54) is 30.5 Å². The molecule has 2 aromatic rings. The van der Waals surface area contributed by atoms with Crippen LogP contribution in [-0.2, 0) is 0 Å². The molecule has 0 atom stereocenters. The molecule has 2 nitrogen and oxygen atoms in total. The third-order valence-corrected chi connectivity index (χ3v) is 2.41. The van der Waals surface area contributed by atoms with Gasteiger partial charge in [0.2, 0.25) is 5.78 Å². The van der Waals surface area contributed by atoms with Gasteiger partial charge in [0.05, 0.1) is 11.8 Å². The molecule has 1 aromatic carbocycles. The molecule has 15 heavy (non-hydrogen) atoms. The summed E-state index contributed by atoms with van der Waals surface area (Å²) in [5.74, 6) is -0.884. The molecule has 76 valence electrons. The first-order chi connectivity index (χ1) is 7.18. The highest BCUT2D eigenvalue weighted by Crippen LogP contribution is 2.18. The Labute approximate surface area is 93.8 Å². The average Bonchev–Trinajstić information content (AvgIpc) is 2.74. The van der Waals surface area contributed by atoms with Crippen LogP contribution >= 0.6 is 15.9 Å². The molecule has 2 rings (SSSR count). The molecule has 0 aliphatic rings. The molecule has 0 saturated carbocycles. The number of rotatable bonds is 2. The topological polar surface area (TPSA) is 30.2 Å². The Bertz CT molecular complexity index is 491. The van der Waals surface area contributed by atoms with E-state index >= 15 is 0 Å². The van der Waals surface area contributed by atoms with Crippen LogP contribution in [0.25, 0.3) is 0 Å². The number of hydrogen-bond donors (Lipinski definition) is 0. The van der Waals surface area contributed by atoms with E-state index in [0.717, 1.165) is 0 Å². The van der Waals surface area contributed by atoms with E-state index in [9.17, 15) is 9.18 Å². The Morgan fingerprint density at radius 3 is 2.80 bits per heavy atom. The number of benzene rings is 1. The maximum Gasteiger partial charge on any atom is 0.231 e. The van der Waals surface area contributed by atoms with Crippen LogP contribution in [0.1, 0.15) is 16.1 Å². The monoisotopic (exact) mass is 268 g/mol. The van der Waals surface area contributed by atoms with Crippen molar-refractivity contribution in [1.29, 1.82) is 0 Å². The van der Waals surface area contributed by atoms with Gasteiger partial charge in [-0.25, -0.2) is 4.39 Å². The van der Waals surface area contributed by atoms with Gasteiger partial charge >= 0.3 is 0 Å². The second kappa shape index (κ2) is 3.98. The van der Waals surface area contributed by atoms with Crippen LogP contribution in [0.5, 0.6) is 0 Å². The van der Waals surface area contributed by atoms with E-state index in [2.05, 4.69) is 15.9 Å². The lowest BCUT2D eigenvalue weighted by atomic mass is 10.1. The van der Waals surface area contributed by atoms with E-state index in [1.807, 2.05) is 0 Å². The number of halogens is 2. The highest BCUT2D eigenvalue weighted by molar-refractivity contribution is 9.10. The zero-order valence-corrected chi connectivity index (χ0v) is 9.12. The second-order valence-corrected chi connectivity index (χ2v) is 3.85. The molecule has 0 spiro atoms. The maximum absolute atomic E-state index is 13.3. The summed E-state index contributed by atoms with van der Waals surface area (Å²) in [5, 5.41) is 0. The van der Waals surface area contributed by atoms with Crippen LogP contribution in [0.3, 0.4) is 0 Å². The number of ketones is 1. The molecule has 1 heterocycles. The van der Waals surface area contributed by atoms with Crippen molar-refractivity contribution in [2.45, 2.75) is 0 Å². The predicted molar refractivity (Wildman–Crippen MR) is 56.2 cm³/mol. The molecule has 0 unspecified atom stereocenters. The second-order valence-electron chi connectivity index (χ2n) is 2.93. The summed E-state index contributed by atoms with van der Waals surface area (Å²) >= 11 is 3.18. The fraction of sp³-hybridized carbons (Fsp3) is 0. The molecule has 0 N–H and O–H groups in total. The van der Waals surface area contributed by atoms with Gasteiger partial charge in [-0.15, -0.1) is 0 Å². The highest BCUT2D eigenvalue weighted by atomic mass is 79.9. The van der Waals surface area contributed by atoms with Gasteiger partial charge in [0.25, 0.3) is 0 Å². The first-order valence-corrected chi connectivity index (χ1v) is 5.01. The Balaban J connectivity index is 2.46. The average molecular weight is 269 g/mol. The SMILES string of the molecule is O=C(c1ccco1)c1cc(Br)ccc1F. The van der Waals surface area contributed by atoms with Crippen LogP contribution in [0.15, 0.2) is 45.5 Å². The van der Waals surface area contributed by atoms with E-state index in [-0.39, 0.29) is 11.3 Å². The van der Waals surface area contributed by atoms with Gasteiger partial charge in [-0.2, -0.15) is 0 Å². The van der Waals surface area contributed by atoms with Crippen molar-refractivity contribution in [1.82, 2.24) is 0 Å². The minimum atomic E-state index is -0.556. The van der Waals surface area contributed by atoms with Gasteiger partial charge in [0, 0.05) is 4.47 Å². The van der Waals surface area contributed by atoms with Crippen LogP contribution in [0.4, 0.5) is 4.39 Å². The van der Waals surface area contributed by atoms with Crippen LogP contribution < -0.4 is 0 Å². The van der Waals surface area contributed by atoms with Gasteiger partial charge in [-0.05, 0) is 30.3 Å². The molecular formula is C11H6BrFO2. The summed E-state index contributed by atoms with van der Waals surface area (Å²) in [7, 11) is 0. The lowest BCUT2D eigenvalue weighted by Gasteiger charge is -2.00. The molecule has 0 radical (unpaired) electrons. The Kier molecular flexibility index (Phi) is 2.68. The van der Waals surface area contributed by atoms with Crippen LogP contribution in [0.2, 0.25) is 0 Å². The standard InChI is InChI=1S/C11H6BrFO2/c12-7-3-4-9(13)8(6-7)11(14)10-2-1-5-15-10/h1-6H. The molecule has 1 aromatic heterocycles.